The molecule has 8 heteroatoms. The summed E-state index contributed by atoms with van der Waals surface area (Å²) < 4.78 is 11.5. The molecule has 0 spiro atoms. The quantitative estimate of drug-likeness (QED) is 0.419. The number of hydrogen-bond acceptors (Lipinski definition) is 5. The second-order valence-electron chi connectivity index (χ2n) is 10.1. The van der Waals surface area contributed by atoms with Crippen LogP contribution in [0.5, 0.6) is 11.5 Å². The van der Waals surface area contributed by atoms with Crippen LogP contribution in [0.4, 0.5) is 10.5 Å². The number of carbonyl (C=O) groups excluding carboxylic acids is 1. The van der Waals surface area contributed by atoms with Gasteiger partial charge in [0.1, 0.15) is 23.9 Å². The third kappa shape index (κ3) is 4.62. The lowest BCUT2D eigenvalue weighted by molar-refractivity contribution is 0.143. The molecule has 38 heavy (non-hydrogen) atoms. The summed E-state index contributed by atoms with van der Waals surface area (Å²) in [4.78, 5) is 27.6. The van der Waals surface area contributed by atoms with Crippen molar-refractivity contribution in [3.63, 3.8) is 0 Å². The summed E-state index contributed by atoms with van der Waals surface area (Å²) in [6.07, 6.45) is 0. The number of hydrogen-bond donors (Lipinski definition) is 1. The number of ether oxygens (including phenoxy) is 2. The molecule has 0 unspecified atom stereocenters. The number of carbonyl (C=O) groups is 1. The van der Waals surface area contributed by atoms with Gasteiger partial charge in [-0.3, -0.25) is 0 Å². The Balaban J connectivity index is 1.19. The number of urea groups is 1. The number of nitrogens with one attached hydrogen (secondary N) is 1. The van der Waals surface area contributed by atoms with Crippen molar-refractivity contribution in [2.75, 3.05) is 51.3 Å². The van der Waals surface area contributed by atoms with E-state index >= 15 is 0 Å². The summed E-state index contributed by atoms with van der Waals surface area (Å²) >= 11 is 0. The number of benzene rings is 3. The zero-order valence-corrected chi connectivity index (χ0v) is 22.2. The van der Waals surface area contributed by atoms with Gasteiger partial charge >= 0.3 is 6.03 Å². The van der Waals surface area contributed by atoms with Crippen LogP contribution in [-0.2, 0) is 6.54 Å². The predicted molar refractivity (Wildman–Crippen MR) is 149 cm³/mol. The minimum absolute atomic E-state index is 0.0733. The van der Waals surface area contributed by atoms with Crippen LogP contribution in [0.2, 0.25) is 0 Å². The van der Waals surface area contributed by atoms with Gasteiger partial charge in [0.05, 0.1) is 31.2 Å². The van der Waals surface area contributed by atoms with E-state index in [4.69, 9.17) is 9.47 Å². The second kappa shape index (κ2) is 9.93. The molecule has 2 aliphatic rings. The zero-order valence-electron chi connectivity index (χ0n) is 22.2. The molecule has 2 aliphatic heterocycles. The van der Waals surface area contributed by atoms with Gasteiger partial charge in [-0.2, -0.15) is 0 Å². The number of aryl methyl sites for hydroxylation is 2. The Morgan fingerprint density at radius 3 is 2.61 bits per heavy atom. The normalized spacial score (nSPS) is 15.7. The van der Waals surface area contributed by atoms with Gasteiger partial charge in [-0.25, -0.2) is 9.78 Å². The number of anilines is 1. The van der Waals surface area contributed by atoms with Gasteiger partial charge in [-0.05, 0) is 66.9 Å². The summed E-state index contributed by atoms with van der Waals surface area (Å²) in [6.45, 7) is 8.58. The summed E-state index contributed by atoms with van der Waals surface area (Å²) in [7, 11) is 1.68. The Labute approximate surface area is 222 Å². The maximum atomic E-state index is 13.6. The first-order valence-electron chi connectivity index (χ1n) is 13.1. The van der Waals surface area contributed by atoms with Crippen LogP contribution in [0, 0.1) is 13.8 Å². The fraction of sp³-hybridized carbons (Fsp3) is 0.333. The molecule has 1 fully saturated rings. The summed E-state index contributed by atoms with van der Waals surface area (Å²) in [5.74, 6) is 2.64. The average molecular weight is 512 g/mol. The van der Waals surface area contributed by atoms with Gasteiger partial charge in [0.25, 0.3) is 0 Å². The second-order valence-corrected chi connectivity index (χ2v) is 10.1. The number of methoxy groups -OCH3 is 1. The van der Waals surface area contributed by atoms with Gasteiger partial charge < -0.3 is 29.2 Å². The summed E-state index contributed by atoms with van der Waals surface area (Å²) in [5, 5.41) is 0. The number of aromatic nitrogens is 2. The highest BCUT2D eigenvalue weighted by atomic mass is 16.5. The van der Waals surface area contributed by atoms with E-state index in [2.05, 4.69) is 52.1 Å². The summed E-state index contributed by atoms with van der Waals surface area (Å²) in [6, 6.07) is 18.8. The highest BCUT2D eigenvalue weighted by molar-refractivity contribution is 5.83. The highest BCUT2D eigenvalue weighted by Crippen LogP contribution is 2.34. The van der Waals surface area contributed by atoms with E-state index in [0.29, 0.717) is 32.8 Å². The molecule has 1 aromatic heterocycles. The van der Waals surface area contributed by atoms with E-state index in [0.717, 1.165) is 69.4 Å². The van der Waals surface area contributed by atoms with Crippen molar-refractivity contribution in [3.05, 3.63) is 71.5 Å². The van der Waals surface area contributed by atoms with E-state index in [1.54, 1.807) is 7.11 Å². The van der Waals surface area contributed by atoms with E-state index in [1.807, 2.05) is 41.0 Å². The molecule has 2 amide bonds. The predicted octanol–water partition coefficient (Wildman–Crippen LogP) is 4.99. The number of rotatable bonds is 3. The van der Waals surface area contributed by atoms with Crippen LogP contribution in [0.25, 0.3) is 22.2 Å². The third-order valence-corrected chi connectivity index (χ3v) is 7.49. The number of H-pyrrole nitrogens is 1. The minimum atomic E-state index is 0.0733. The molecule has 0 aliphatic carbocycles. The maximum absolute atomic E-state index is 13.6. The monoisotopic (exact) mass is 511 g/mol. The Morgan fingerprint density at radius 2 is 1.79 bits per heavy atom. The lowest BCUT2D eigenvalue weighted by Crippen LogP contribution is -2.53. The van der Waals surface area contributed by atoms with Gasteiger partial charge in [0.15, 0.2) is 0 Å². The lowest BCUT2D eigenvalue weighted by atomic mass is 9.98. The molecular weight excluding hydrogens is 478 g/mol. The molecule has 3 heterocycles. The standard InChI is InChI=1S/C30H33N5O3/c1-20-15-23(22-7-8-27-28(17-22)32-21(2)31-27)16-24-19-35(13-14-38-29(20)24)30(36)34-11-9-33(10-12-34)25-5-4-6-26(18-25)37-3/h4-8,15-18H,9-14,19H2,1-3H3,(H,31,32). The molecule has 8 nitrogen and oxygen atoms in total. The van der Waals surface area contributed by atoms with Gasteiger partial charge in [-0.15, -0.1) is 0 Å². The third-order valence-electron chi connectivity index (χ3n) is 7.49. The molecule has 4 aromatic rings. The van der Waals surface area contributed by atoms with Crippen LogP contribution in [0.3, 0.4) is 0 Å². The first-order chi connectivity index (χ1) is 18.5. The molecule has 0 radical (unpaired) electrons. The van der Waals surface area contributed by atoms with Gasteiger partial charge in [0.2, 0.25) is 0 Å². The van der Waals surface area contributed by atoms with Crippen LogP contribution < -0.4 is 14.4 Å². The van der Waals surface area contributed by atoms with E-state index in [1.165, 1.54) is 0 Å². The largest absolute Gasteiger partial charge is 0.497 e. The smallest absolute Gasteiger partial charge is 0.320 e. The number of imidazole rings is 1. The number of nitrogens with zero attached hydrogens (tertiary/aromatic N) is 4. The Bertz CT molecular complexity index is 1490. The molecule has 0 atom stereocenters. The molecule has 196 valence electrons. The molecule has 3 aromatic carbocycles. The van der Waals surface area contributed by atoms with Gasteiger partial charge in [-0.1, -0.05) is 12.1 Å². The van der Waals surface area contributed by atoms with E-state index < -0.39 is 0 Å². The molecule has 1 saturated heterocycles. The Kier molecular flexibility index (Phi) is 6.31. The zero-order chi connectivity index (χ0) is 26.2. The van der Waals surface area contributed by atoms with Crippen LogP contribution in [0.1, 0.15) is 17.0 Å². The topological polar surface area (TPSA) is 73.9 Å². The minimum Gasteiger partial charge on any atom is -0.497 e. The fourth-order valence-corrected chi connectivity index (χ4v) is 5.52. The average Bonchev–Trinajstić information content (AvgIpc) is 3.18. The van der Waals surface area contributed by atoms with E-state index in [9.17, 15) is 4.79 Å². The SMILES string of the molecule is COc1cccc(N2CCN(C(=O)N3CCOc4c(C)cc(-c5ccc6nc(C)[nH]c6c5)cc4C3)CC2)c1. The van der Waals surface area contributed by atoms with Gasteiger partial charge in [0, 0.05) is 43.5 Å². The van der Waals surface area contributed by atoms with E-state index in [-0.39, 0.29) is 6.03 Å². The van der Waals surface area contributed by atoms with Crippen molar-refractivity contribution < 1.29 is 14.3 Å². The molecule has 0 saturated carbocycles. The number of amides is 2. The first-order valence-corrected chi connectivity index (χ1v) is 13.1. The first kappa shape index (κ1) is 24.2. The number of piperazine rings is 1. The van der Waals surface area contributed by atoms with Crippen LogP contribution in [0.15, 0.2) is 54.6 Å². The van der Waals surface area contributed by atoms with Crippen molar-refractivity contribution in [1.29, 1.82) is 0 Å². The highest BCUT2D eigenvalue weighted by Gasteiger charge is 2.28. The molecule has 0 bridgehead atoms. The Morgan fingerprint density at radius 1 is 0.947 bits per heavy atom. The maximum Gasteiger partial charge on any atom is 0.320 e. The molecule has 1 N–H and O–H groups in total. The van der Waals surface area contributed by atoms with Crippen molar-refractivity contribution in [2.45, 2.75) is 20.4 Å². The lowest BCUT2D eigenvalue weighted by Gasteiger charge is -2.38. The van der Waals surface area contributed by atoms with Crippen LogP contribution >= 0.6 is 0 Å². The molecular formula is C30H33N5O3. The van der Waals surface area contributed by atoms with Crippen molar-refractivity contribution in [1.82, 2.24) is 19.8 Å². The Hall–Kier alpha value is -4.20. The molecule has 6 rings (SSSR count). The van der Waals surface area contributed by atoms with Crippen molar-refractivity contribution in [3.8, 4) is 22.6 Å². The number of aromatic amines is 1. The number of fused-ring (bicyclic) bond motifs is 2. The van der Waals surface area contributed by atoms with Crippen LogP contribution in [-0.4, -0.2) is 72.2 Å². The van der Waals surface area contributed by atoms with Crippen molar-refractivity contribution >= 4 is 22.8 Å². The van der Waals surface area contributed by atoms with Crippen molar-refractivity contribution in [2.24, 2.45) is 0 Å². The fourth-order valence-electron chi connectivity index (χ4n) is 5.52. The summed E-state index contributed by atoms with van der Waals surface area (Å²) in [5.41, 5.74) is 7.46.